The van der Waals surface area contributed by atoms with E-state index < -0.39 is 70.2 Å². The number of benzene rings is 2. The third-order valence-corrected chi connectivity index (χ3v) is 11.2. The van der Waals surface area contributed by atoms with Gasteiger partial charge in [0.15, 0.2) is 5.78 Å². The van der Waals surface area contributed by atoms with Gasteiger partial charge in [-0.25, -0.2) is 4.79 Å². The third-order valence-electron chi connectivity index (χ3n) is 11.2. The summed E-state index contributed by atoms with van der Waals surface area (Å²) in [6.45, 7) is 6.50. The van der Waals surface area contributed by atoms with Crippen molar-refractivity contribution < 1.29 is 49.0 Å². The monoisotopic (exact) mass is 622 g/mol. The quantitative estimate of drug-likeness (QED) is 0.280. The van der Waals surface area contributed by atoms with Crippen LogP contribution in [0, 0.1) is 16.7 Å². The van der Waals surface area contributed by atoms with E-state index in [1.165, 1.54) is 0 Å². The molecule has 1 aliphatic heterocycles. The zero-order valence-corrected chi connectivity index (χ0v) is 26.2. The van der Waals surface area contributed by atoms with E-state index in [4.69, 9.17) is 18.9 Å². The summed E-state index contributed by atoms with van der Waals surface area (Å²) in [4.78, 5) is 28.5. The van der Waals surface area contributed by atoms with Gasteiger partial charge < -0.3 is 39.4 Å². The number of methoxy groups -OCH3 is 1. The van der Waals surface area contributed by atoms with Crippen molar-refractivity contribution in [3.63, 3.8) is 0 Å². The van der Waals surface area contributed by atoms with Crippen molar-refractivity contribution in [1.82, 2.24) is 0 Å². The molecule has 9 atom stereocenters. The van der Waals surface area contributed by atoms with E-state index >= 15 is 0 Å². The van der Waals surface area contributed by atoms with E-state index in [-0.39, 0.29) is 37.2 Å². The Morgan fingerprint density at radius 2 is 1.69 bits per heavy atom. The predicted octanol–water partition coefficient (Wildman–Crippen LogP) is 2.74. The van der Waals surface area contributed by atoms with Crippen molar-refractivity contribution >= 4 is 11.8 Å². The first-order chi connectivity index (χ1) is 21.2. The van der Waals surface area contributed by atoms with Crippen LogP contribution in [0.2, 0.25) is 0 Å². The Balaban J connectivity index is 1.52. The minimum Gasteiger partial charge on any atom is -0.497 e. The first-order valence-electron chi connectivity index (χ1n) is 15.4. The van der Waals surface area contributed by atoms with Gasteiger partial charge in [0.2, 0.25) is 0 Å². The molecule has 2 aromatic rings. The van der Waals surface area contributed by atoms with Gasteiger partial charge in [-0.1, -0.05) is 44.2 Å². The molecule has 6 rings (SSSR count). The van der Waals surface area contributed by atoms with Gasteiger partial charge in [0.05, 0.1) is 49.6 Å². The second kappa shape index (κ2) is 11.0. The van der Waals surface area contributed by atoms with Crippen LogP contribution in [0.5, 0.6) is 5.75 Å². The molecule has 3 fully saturated rings. The van der Waals surface area contributed by atoms with Crippen LogP contribution in [0.25, 0.3) is 0 Å². The maximum Gasteiger partial charge on any atom is 0.338 e. The first-order valence-corrected chi connectivity index (χ1v) is 15.4. The number of ketones is 1. The Labute approximate surface area is 262 Å². The van der Waals surface area contributed by atoms with Gasteiger partial charge in [0.1, 0.15) is 29.2 Å². The zero-order valence-electron chi connectivity index (χ0n) is 26.2. The lowest BCUT2D eigenvalue weighted by Gasteiger charge is -2.67. The zero-order chi connectivity index (χ0) is 32.5. The normalized spacial score (nSPS) is 38.6. The minimum absolute atomic E-state index is 0.0934. The van der Waals surface area contributed by atoms with Crippen molar-refractivity contribution in [2.75, 3.05) is 13.7 Å². The van der Waals surface area contributed by atoms with Crippen LogP contribution in [0.3, 0.4) is 0 Å². The summed E-state index contributed by atoms with van der Waals surface area (Å²) in [5, 5.41) is 48.2. The van der Waals surface area contributed by atoms with Crippen LogP contribution in [0.1, 0.15) is 56.5 Å². The van der Waals surface area contributed by atoms with Crippen molar-refractivity contribution in [2.45, 2.75) is 88.9 Å². The summed E-state index contributed by atoms with van der Waals surface area (Å²) in [5.41, 5.74) is -5.20. The number of aliphatic hydroxyl groups excluding tert-OH is 2. The average molecular weight is 623 g/mol. The maximum absolute atomic E-state index is 14.8. The fraction of sp³-hybridized carbons (Fsp3) is 0.543. The summed E-state index contributed by atoms with van der Waals surface area (Å²) < 4.78 is 23.8. The van der Waals surface area contributed by atoms with E-state index in [9.17, 15) is 30.0 Å². The highest BCUT2D eigenvalue weighted by molar-refractivity contribution is 5.94. The molecule has 2 bridgehead atoms. The number of ether oxygens (including phenoxy) is 4. The Hall–Kier alpha value is -3.12. The van der Waals surface area contributed by atoms with Crippen LogP contribution in [-0.4, -0.2) is 87.6 Å². The Morgan fingerprint density at radius 3 is 2.29 bits per heavy atom. The number of hydrogen-bond acceptors (Lipinski definition) is 10. The number of rotatable bonds is 6. The molecule has 1 heterocycles. The number of Topliss-reactive ketones (excluding diaryl/α,β-unsaturated/α-hetero) is 1. The number of fused-ring (bicyclic) bond motifs is 5. The Morgan fingerprint density at radius 1 is 1.02 bits per heavy atom. The molecular formula is C35H42O10. The van der Waals surface area contributed by atoms with E-state index in [0.29, 0.717) is 11.3 Å². The van der Waals surface area contributed by atoms with Gasteiger partial charge in [0, 0.05) is 24.2 Å². The Kier molecular flexibility index (Phi) is 7.78. The molecule has 0 amide bonds. The predicted molar refractivity (Wildman–Crippen MR) is 161 cm³/mol. The number of esters is 1. The standard InChI is InChI=1S/C35H42O10/c1-19-23(36)16-35(41)30(45-31(39)21-9-7-6-8-10-21)28-33(4,29(38)27(37)26(19)32(35,2)3)24(15-25-34(28,40)18-44-25)43-17-20-11-13-22(42-5)14-12-20/h6-14,23-25,27-28,30,36-37,40-41H,15-18H2,1-5H3/t23?,24?,25?,27?,28?,30?,33-,34?,35?/m1/s1. The van der Waals surface area contributed by atoms with E-state index in [0.717, 1.165) is 5.56 Å². The molecule has 10 nitrogen and oxygen atoms in total. The van der Waals surface area contributed by atoms with Crippen molar-refractivity contribution in [1.29, 1.82) is 0 Å². The molecule has 2 saturated carbocycles. The lowest BCUT2D eigenvalue weighted by atomic mass is 9.44. The SMILES string of the molecule is COc1ccc(COC2CC3OCC3(O)C3C(OC(=O)c4ccccc4)C4(O)CC(O)C(C)=C(C(O)C(=O)[C@]23C)C4(C)C)cc1. The van der Waals surface area contributed by atoms with Crippen LogP contribution < -0.4 is 4.74 Å². The van der Waals surface area contributed by atoms with Gasteiger partial charge in [-0.15, -0.1) is 0 Å². The van der Waals surface area contributed by atoms with E-state index in [1.54, 1.807) is 77.3 Å². The highest BCUT2D eigenvalue weighted by atomic mass is 16.6. The summed E-state index contributed by atoms with van der Waals surface area (Å²) in [7, 11) is 1.57. The first kappa shape index (κ1) is 31.8. The maximum atomic E-state index is 14.8. The molecule has 10 heteroatoms. The summed E-state index contributed by atoms with van der Waals surface area (Å²) in [5.74, 6) is -2.01. The van der Waals surface area contributed by atoms with Crippen molar-refractivity contribution in [3.05, 3.63) is 76.9 Å². The van der Waals surface area contributed by atoms with Crippen LogP contribution >= 0.6 is 0 Å². The molecule has 45 heavy (non-hydrogen) atoms. The molecule has 1 saturated heterocycles. The topological polar surface area (TPSA) is 152 Å². The van der Waals surface area contributed by atoms with Gasteiger partial charge in [-0.3, -0.25) is 4.79 Å². The molecule has 2 aromatic carbocycles. The second-order valence-corrected chi connectivity index (χ2v) is 13.8. The molecular weight excluding hydrogens is 580 g/mol. The molecule has 4 aliphatic rings. The largest absolute Gasteiger partial charge is 0.497 e. The third kappa shape index (κ3) is 4.60. The lowest BCUT2D eigenvalue weighted by Crippen LogP contribution is -2.81. The van der Waals surface area contributed by atoms with Crippen molar-refractivity contribution in [2.24, 2.45) is 16.7 Å². The van der Waals surface area contributed by atoms with Crippen molar-refractivity contribution in [3.8, 4) is 5.75 Å². The molecule has 0 radical (unpaired) electrons. The average Bonchev–Trinajstić information content (AvgIpc) is 3.01. The van der Waals surface area contributed by atoms with Gasteiger partial charge >= 0.3 is 5.97 Å². The van der Waals surface area contributed by atoms with E-state index in [2.05, 4.69) is 0 Å². The highest BCUT2D eigenvalue weighted by Gasteiger charge is 2.76. The Bertz CT molecular complexity index is 1500. The molecule has 4 N–H and O–H groups in total. The molecule has 0 aromatic heterocycles. The lowest BCUT2D eigenvalue weighted by molar-refractivity contribution is -0.347. The molecule has 0 spiro atoms. The summed E-state index contributed by atoms with van der Waals surface area (Å²) >= 11 is 0. The number of carbonyl (C=O) groups excluding carboxylic acids is 2. The van der Waals surface area contributed by atoms with Crippen LogP contribution in [-0.2, 0) is 25.6 Å². The summed E-state index contributed by atoms with van der Waals surface area (Å²) in [6, 6.07) is 15.5. The van der Waals surface area contributed by atoms with Gasteiger partial charge in [0.25, 0.3) is 0 Å². The van der Waals surface area contributed by atoms with Crippen LogP contribution in [0.15, 0.2) is 65.7 Å². The summed E-state index contributed by atoms with van der Waals surface area (Å²) in [6.07, 6.45) is -6.32. The fourth-order valence-electron chi connectivity index (χ4n) is 8.40. The molecule has 242 valence electrons. The van der Waals surface area contributed by atoms with Crippen LogP contribution in [0.4, 0.5) is 0 Å². The number of carbonyl (C=O) groups is 2. The highest BCUT2D eigenvalue weighted by Crippen LogP contribution is 2.63. The van der Waals surface area contributed by atoms with Gasteiger partial charge in [-0.2, -0.15) is 0 Å². The van der Waals surface area contributed by atoms with Gasteiger partial charge in [-0.05, 0) is 54.8 Å². The molecule has 8 unspecified atom stereocenters. The fourth-order valence-corrected chi connectivity index (χ4v) is 8.40. The number of aliphatic hydroxyl groups is 4. The smallest absolute Gasteiger partial charge is 0.338 e. The molecule has 3 aliphatic carbocycles. The number of hydrogen-bond donors (Lipinski definition) is 4. The van der Waals surface area contributed by atoms with E-state index in [1.807, 2.05) is 12.1 Å². The minimum atomic E-state index is -2.02. The second-order valence-electron chi connectivity index (χ2n) is 13.8.